The van der Waals surface area contributed by atoms with E-state index in [1.165, 1.54) is 11.3 Å². The van der Waals surface area contributed by atoms with Crippen molar-refractivity contribution in [3.8, 4) is 0 Å². The molecule has 1 aromatic heterocycles. The lowest BCUT2D eigenvalue weighted by Crippen LogP contribution is -2.30. The van der Waals surface area contributed by atoms with Gasteiger partial charge in [-0.2, -0.15) is 0 Å². The van der Waals surface area contributed by atoms with Crippen molar-refractivity contribution in [2.45, 2.75) is 13.5 Å². The van der Waals surface area contributed by atoms with Crippen molar-refractivity contribution in [3.05, 3.63) is 53.7 Å². The molecule has 2 aromatic rings. The van der Waals surface area contributed by atoms with Crippen LogP contribution in [-0.2, 0) is 6.54 Å². The smallest absolute Gasteiger partial charge is 0.254 e. The number of benzene rings is 1. The van der Waals surface area contributed by atoms with E-state index in [1.807, 2.05) is 25.1 Å². The normalized spacial score (nSPS) is 10.6. The number of carbonyl (C=O) groups excluding carboxylic acids is 1. The highest BCUT2D eigenvalue weighted by Crippen LogP contribution is 2.24. The molecule has 0 bridgehead atoms. The van der Waals surface area contributed by atoms with Gasteiger partial charge in [0.1, 0.15) is 0 Å². The fraction of sp³-hybridized carbons (Fsp3) is 0.214. The lowest BCUT2D eigenvalue weighted by molar-refractivity contribution is 0.0754. The molecule has 20 heavy (non-hydrogen) atoms. The third-order valence-corrected chi connectivity index (χ3v) is 5.60. The molecule has 1 aromatic carbocycles. The third kappa shape index (κ3) is 3.87. The van der Waals surface area contributed by atoms with Crippen LogP contribution in [0.5, 0.6) is 0 Å². The van der Waals surface area contributed by atoms with E-state index in [0.717, 1.165) is 12.8 Å². The molecule has 0 saturated heterocycles. The van der Waals surface area contributed by atoms with Crippen LogP contribution in [0.15, 0.2) is 30.3 Å². The number of nitrogens with zero attached hydrogens (tertiary/aromatic N) is 1. The fourth-order valence-electron chi connectivity index (χ4n) is 1.76. The van der Waals surface area contributed by atoms with Crippen LogP contribution < -0.4 is 0 Å². The van der Waals surface area contributed by atoms with Gasteiger partial charge in [0, 0.05) is 20.6 Å². The van der Waals surface area contributed by atoms with E-state index in [0.29, 0.717) is 23.7 Å². The molecule has 0 aliphatic rings. The van der Waals surface area contributed by atoms with Gasteiger partial charge in [0.25, 0.3) is 5.91 Å². The van der Waals surface area contributed by atoms with Gasteiger partial charge < -0.3 is 4.90 Å². The topological polar surface area (TPSA) is 20.3 Å². The van der Waals surface area contributed by atoms with Crippen LogP contribution in [0.2, 0.25) is 9.36 Å². The standard InChI is InChI=1S/C14H12Cl2INOS/c1-2-18(8-10-4-6-13(16)20-10)14(19)9-3-5-12(17)11(15)7-9/h3-7H,2,8H2,1H3. The Balaban J connectivity index is 2.18. The predicted octanol–water partition coefficient (Wildman–Crippen LogP) is 5.32. The van der Waals surface area contributed by atoms with Crippen LogP contribution in [0.4, 0.5) is 0 Å². The Morgan fingerprint density at radius 2 is 2.05 bits per heavy atom. The SMILES string of the molecule is CCN(Cc1ccc(Cl)s1)C(=O)c1ccc(I)c(Cl)c1. The van der Waals surface area contributed by atoms with Crippen molar-refractivity contribution >= 4 is 63.0 Å². The minimum Gasteiger partial charge on any atom is -0.334 e. The first-order valence-electron chi connectivity index (χ1n) is 5.99. The Kier molecular flexibility index (Phi) is 5.72. The second-order valence-corrected chi connectivity index (χ2v) is 7.52. The molecule has 2 rings (SSSR count). The molecule has 0 atom stereocenters. The van der Waals surface area contributed by atoms with Gasteiger partial charge in [-0.05, 0) is 59.8 Å². The maximum atomic E-state index is 12.5. The summed E-state index contributed by atoms with van der Waals surface area (Å²) in [7, 11) is 0. The number of thiophene rings is 1. The lowest BCUT2D eigenvalue weighted by atomic mass is 10.2. The van der Waals surface area contributed by atoms with Crippen molar-refractivity contribution in [1.29, 1.82) is 0 Å². The van der Waals surface area contributed by atoms with Crippen LogP contribution >= 0.6 is 57.1 Å². The Hall–Kier alpha value is -0.300. The minimum atomic E-state index is -0.0182. The molecule has 106 valence electrons. The Morgan fingerprint density at radius 3 is 2.60 bits per heavy atom. The third-order valence-electron chi connectivity index (χ3n) is 2.81. The van der Waals surface area contributed by atoms with Crippen molar-refractivity contribution in [1.82, 2.24) is 4.90 Å². The second-order valence-electron chi connectivity index (χ2n) is 4.15. The van der Waals surface area contributed by atoms with Crippen molar-refractivity contribution in [2.24, 2.45) is 0 Å². The molecule has 0 unspecified atom stereocenters. The summed E-state index contributed by atoms with van der Waals surface area (Å²) in [5.74, 6) is -0.0182. The van der Waals surface area contributed by atoms with Gasteiger partial charge in [0.05, 0.1) is 15.9 Å². The fourth-order valence-corrected chi connectivity index (χ4v) is 3.38. The summed E-state index contributed by atoms with van der Waals surface area (Å²) in [6.45, 7) is 3.16. The van der Waals surface area contributed by atoms with Gasteiger partial charge >= 0.3 is 0 Å². The van der Waals surface area contributed by atoms with Gasteiger partial charge in [-0.25, -0.2) is 0 Å². The van der Waals surface area contributed by atoms with E-state index < -0.39 is 0 Å². The first-order chi connectivity index (χ1) is 9.51. The monoisotopic (exact) mass is 439 g/mol. The number of hydrogen-bond donors (Lipinski definition) is 0. The minimum absolute atomic E-state index is 0.0182. The van der Waals surface area contributed by atoms with E-state index in [4.69, 9.17) is 23.2 Å². The molecular formula is C14H12Cl2INOS. The van der Waals surface area contributed by atoms with Crippen LogP contribution in [0.25, 0.3) is 0 Å². The molecule has 0 saturated carbocycles. The Bertz CT molecular complexity index is 629. The largest absolute Gasteiger partial charge is 0.334 e. The zero-order valence-corrected chi connectivity index (χ0v) is 15.2. The Labute approximate surface area is 145 Å². The second kappa shape index (κ2) is 7.11. The molecule has 0 aliphatic heterocycles. The summed E-state index contributed by atoms with van der Waals surface area (Å²) in [5, 5.41) is 0.603. The van der Waals surface area contributed by atoms with Gasteiger partial charge in [-0.3, -0.25) is 4.79 Å². The number of amides is 1. The van der Waals surface area contributed by atoms with Crippen molar-refractivity contribution < 1.29 is 4.79 Å². The van der Waals surface area contributed by atoms with E-state index in [-0.39, 0.29) is 5.91 Å². The maximum Gasteiger partial charge on any atom is 0.254 e. The van der Waals surface area contributed by atoms with Gasteiger partial charge in [0.2, 0.25) is 0 Å². The lowest BCUT2D eigenvalue weighted by Gasteiger charge is -2.20. The molecule has 6 heteroatoms. The highest BCUT2D eigenvalue weighted by Gasteiger charge is 2.16. The van der Waals surface area contributed by atoms with Crippen LogP contribution in [0, 0.1) is 3.57 Å². The maximum absolute atomic E-state index is 12.5. The molecular weight excluding hydrogens is 428 g/mol. The van der Waals surface area contributed by atoms with Crippen LogP contribution in [-0.4, -0.2) is 17.4 Å². The first kappa shape index (κ1) is 16.1. The van der Waals surface area contributed by atoms with Crippen molar-refractivity contribution in [2.75, 3.05) is 6.54 Å². The summed E-state index contributed by atoms with van der Waals surface area (Å²) in [4.78, 5) is 15.3. The molecule has 0 spiro atoms. The molecule has 1 amide bonds. The first-order valence-corrected chi connectivity index (χ1v) is 8.65. The highest BCUT2D eigenvalue weighted by molar-refractivity contribution is 14.1. The molecule has 2 nitrogen and oxygen atoms in total. The summed E-state index contributed by atoms with van der Waals surface area (Å²) < 4.78 is 1.68. The molecule has 0 N–H and O–H groups in total. The van der Waals surface area contributed by atoms with E-state index in [1.54, 1.807) is 17.0 Å². The van der Waals surface area contributed by atoms with Crippen LogP contribution in [0.3, 0.4) is 0 Å². The van der Waals surface area contributed by atoms with Crippen molar-refractivity contribution in [3.63, 3.8) is 0 Å². The van der Waals surface area contributed by atoms with Gasteiger partial charge in [0.15, 0.2) is 0 Å². The molecule has 0 radical (unpaired) electrons. The summed E-state index contributed by atoms with van der Waals surface area (Å²) in [5.41, 5.74) is 0.611. The molecule has 0 aliphatic carbocycles. The zero-order chi connectivity index (χ0) is 14.7. The quantitative estimate of drug-likeness (QED) is 0.590. The van der Waals surface area contributed by atoms with Gasteiger partial charge in [-0.1, -0.05) is 23.2 Å². The highest BCUT2D eigenvalue weighted by atomic mass is 127. The average Bonchev–Trinajstić information content (AvgIpc) is 2.84. The predicted molar refractivity (Wildman–Crippen MR) is 93.9 cm³/mol. The average molecular weight is 440 g/mol. The summed E-state index contributed by atoms with van der Waals surface area (Å²) >= 11 is 15.6. The van der Waals surface area contributed by atoms with Gasteiger partial charge in [-0.15, -0.1) is 11.3 Å². The zero-order valence-electron chi connectivity index (χ0n) is 10.7. The van der Waals surface area contributed by atoms with E-state index in [2.05, 4.69) is 22.6 Å². The number of halogens is 3. The number of rotatable bonds is 4. The van der Waals surface area contributed by atoms with E-state index in [9.17, 15) is 4.79 Å². The number of carbonyl (C=O) groups is 1. The molecule has 0 fully saturated rings. The van der Waals surface area contributed by atoms with Crippen LogP contribution in [0.1, 0.15) is 22.2 Å². The Morgan fingerprint density at radius 1 is 1.30 bits per heavy atom. The summed E-state index contributed by atoms with van der Waals surface area (Å²) in [6.07, 6.45) is 0. The van der Waals surface area contributed by atoms with E-state index >= 15 is 0 Å². The summed E-state index contributed by atoms with van der Waals surface area (Å²) in [6, 6.07) is 9.17. The number of hydrogen-bond acceptors (Lipinski definition) is 2. The molecule has 1 heterocycles.